The normalized spacial score (nSPS) is 11.7. The average Bonchev–Trinajstić information content (AvgIpc) is 2.04. The van der Waals surface area contributed by atoms with Crippen LogP contribution in [0.1, 0.15) is 25.2 Å². The summed E-state index contributed by atoms with van der Waals surface area (Å²) in [6, 6.07) is 6.09. The molecule has 0 fully saturated rings. The predicted molar refractivity (Wildman–Crippen MR) is 53.9 cm³/mol. The number of hydrogen-bond acceptors (Lipinski definition) is 2. The maximum atomic E-state index is 5.16. The van der Waals surface area contributed by atoms with Crippen molar-refractivity contribution in [1.82, 2.24) is 4.98 Å². The molecule has 72 valence electrons. The second-order valence-electron chi connectivity index (χ2n) is 3.98. The molecule has 0 atom stereocenters. The number of hydrogen-bond donors (Lipinski definition) is 0. The fourth-order valence-corrected chi connectivity index (χ4v) is 1.35. The second-order valence-corrected chi connectivity index (χ2v) is 3.98. The largest absolute Gasteiger partial charge is 0.384 e. The van der Waals surface area contributed by atoms with E-state index in [4.69, 9.17) is 4.74 Å². The first-order chi connectivity index (χ1) is 6.06. The monoisotopic (exact) mass is 179 g/mol. The maximum absolute atomic E-state index is 5.16. The Kier molecular flexibility index (Phi) is 3.04. The molecule has 0 saturated carbocycles. The Labute approximate surface area is 80.0 Å². The van der Waals surface area contributed by atoms with Gasteiger partial charge in [0.25, 0.3) is 0 Å². The molecule has 2 heteroatoms. The SMILES string of the molecule is COCC(C)(C)c1cccc(C)n1. The van der Waals surface area contributed by atoms with Crippen molar-refractivity contribution in [1.29, 1.82) is 0 Å². The van der Waals surface area contributed by atoms with Crippen LogP contribution >= 0.6 is 0 Å². The number of nitrogens with zero attached hydrogens (tertiary/aromatic N) is 1. The molecular formula is C11H17NO. The van der Waals surface area contributed by atoms with E-state index in [9.17, 15) is 0 Å². The van der Waals surface area contributed by atoms with E-state index in [1.807, 2.05) is 25.1 Å². The molecule has 0 unspecified atom stereocenters. The van der Waals surface area contributed by atoms with Crippen LogP contribution in [0.25, 0.3) is 0 Å². The fraction of sp³-hybridized carbons (Fsp3) is 0.545. The maximum Gasteiger partial charge on any atom is 0.0568 e. The molecule has 0 amide bonds. The van der Waals surface area contributed by atoms with Crippen molar-refractivity contribution in [3.8, 4) is 0 Å². The van der Waals surface area contributed by atoms with E-state index < -0.39 is 0 Å². The molecule has 0 aromatic carbocycles. The van der Waals surface area contributed by atoms with E-state index in [1.54, 1.807) is 7.11 Å². The van der Waals surface area contributed by atoms with Gasteiger partial charge in [-0.3, -0.25) is 4.98 Å². The highest BCUT2D eigenvalue weighted by atomic mass is 16.5. The summed E-state index contributed by atoms with van der Waals surface area (Å²) in [5.41, 5.74) is 2.15. The van der Waals surface area contributed by atoms with Crippen LogP contribution in [0.5, 0.6) is 0 Å². The Morgan fingerprint density at radius 2 is 2.08 bits per heavy atom. The molecule has 13 heavy (non-hydrogen) atoms. The molecule has 1 aromatic rings. The number of methoxy groups -OCH3 is 1. The van der Waals surface area contributed by atoms with E-state index >= 15 is 0 Å². The van der Waals surface area contributed by atoms with E-state index in [0.717, 1.165) is 11.4 Å². The first-order valence-corrected chi connectivity index (χ1v) is 4.49. The Hall–Kier alpha value is -0.890. The summed E-state index contributed by atoms with van der Waals surface area (Å²) < 4.78 is 5.16. The number of ether oxygens (including phenoxy) is 1. The van der Waals surface area contributed by atoms with Gasteiger partial charge in [0.05, 0.1) is 6.61 Å². The number of aromatic nitrogens is 1. The summed E-state index contributed by atoms with van der Waals surface area (Å²) in [4.78, 5) is 4.48. The van der Waals surface area contributed by atoms with Crippen LogP contribution in [0.3, 0.4) is 0 Å². The lowest BCUT2D eigenvalue weighted by Gasteiger charge is -2.23. The lowest BCUT2D eigenvalue weighted by atomic mass is 9.90. The summed E-state index contributed by atoms with van der Waals surface area (Å²) in [5, 5.41) is 0. The van der Waals surface area contributed by atoms with Gasteiger partial charge < -0.3 is 4.74 Å². The molecule has 0 saturated heterocycles. The van der Waals surface area contributed by atoms with Gasteiger partial charge in [0, 0.05) is 23.9 Å². The third-order valence-electron chi connectivity index (χ3n) is 2.09. The highest BCUT2D eigenvalue weighted by Crippen LogP contribution is 2.21. The van der Waals surface area contributed by atoms with Crippen LogP contribution in [0.15, 0.2) is 18.2 Å². The quantitative estimate of drug-likeness (QED) is 0.710. The zero-order chi connectivity index (χ0) is 9.90. The Morgan fingerprint density at radius 3 is 2.62 bits per heavy atom. The van der Waals surface area contributed by atoms with Gasteiger partial charge >= 0.3 is 0 Å². The zero-order valence-corrected chi connectivity index (χ0v) is 8.79. The number of rotatable bonds is 3. The minimum absolute atomic E-state index is 0.000764. The van der Waals surface area contributed by atoms with Crippen molar-refractivity contribution >= 4 is 0 Å². The third kappa shape index (κ3) is 2.52. The van der Waals surface area contributed by atoms with Gasteiger partial charge in [-0.1, -0.05) is 19.9 Å². The first-order valence-electron chi connectivity index (χ1n) is 4.49. The molecule has 0 aliphatic heterocycles. The minimum atomic E-state index is 0.000764. The van der Waals surface area contributed by atoms with Crippen molar-refractivity contribution in [3.63, 3.8) is 0 Å². The molecule has 0 aliphatic rings. The average molecular weight is 179 g/mol. The molecule has 0 radical (unpaired) electrons. The third-order valence-corrected chi connectivity index (χ3v) is 2.09. The molecule has 2 nitrogen and oxygen atoms in total. The van der Waals surface area contributed by atoms with Crippen LogP contribution in [0, 0.1) is 6.92 Å². The summed E-state index contributed by atoms with van der Waals surface area (Å²) >= 11 is 0. The van der Waals surface area contributed by atoms with Crippen LogP contribution in [-0.4, -0.2) is 18.7 Å². The molecular weight excluding hydrogens is 162 g/mol. The second kappa shape index (κ2) is 3.88. The van der Waals surface area contributed by atoms with Gasteiger partial charge in [-0.25, -0.2) is 0 Å². The van der Waals surface area contributed by atoms with Gasteiger partial charge in [0.15, 0.2) is 0 Å². The Balaban J connectivity index is 2.93. The van der Waals surface area contributed by atoms with Gasteiger partial charge in [-0.2, -0.15) is 0 Å². The summed E-state index contributed by atoms with van der Waals surface area (Å²) in [6.07, 6.45) is 0. The zero-order valence-electron chi connectivity index (χ0n) is 8.79. The van der Waals surface area contributed by atoms with E-state index in [2.05, 4.69) is 18.8 Å². The topological polar surface area (TPSA) is 22.1 Å². The molecule has 0 N–H and O–H groups in total. The lowest BCUT2D eigenvalue weighted by molar-refractivity contribution is 0.144. The predicted octanol–water partition coefficient (Wildman–Crippen LogP) is 2.31. The van der Waals surface area contributed by atoms with Crippen molar-refractivity contribution in [2.75, 3.05) is 13.7 Å². The number of aryl methyl sites for hydroxylation is 1. The van der Waals surface area contributed by atoms with Crippen molar-refractivity contribution in [2.24, 2.45) is 0 Å². The van der Waals surface area contributed by atoms with E-state index in [1.165, 1.54) is 0 Å². The van der Waals surface area contributed by atoms with Crippen molar-refractivity contribution < 1.29 is 4.74 Å². The van der Waals surface area contributed by atoms with Gasteiger partial charge in [0.1, 0.15) is 0 Å². The van der Waals surface area contributed by atoms with Gasteiger partial charge in [-0.15, -0.1) is 0 Å². The Morgan fingerprint density at radius 1 is 1.38 bits per heavy atom. The molecule has 1 rings (SSSR count). The Bertz CT molecular complexity index is 281. The van der Waals surface area contributed by atoms with Crippen LogP contribution in [-0.2, 0) is 10.2 Å². The summed E-state index contributed by atoms with van der Waals surface area (Å²) in [5.74, 6) is 0. The van der Waals surface area contributed by atoms with Crippen LogP contribution in [0.2, 0.25) is 0 Å². The van der Waals surface area contributed by atoms with Gasteiger partial charge in [0.2, 0.25) is 0 Å². The number of pyridine rings is 1. The van der Waals surface area contributed by atoms with E-state index in [0.29, 0.717) is 6.61 Å². The van der Waals surface area contributed by atoms with Crippen LogP contribution in [0.4, 0.5) is 0 Å². The highest BCUT2D eigenvalue weighted by Gasteiger charge is 2.21. The fourth-order valence-electron chi connectivity index (χ4n) is 1.35. The minimum Gasteiger partial charge on any atom is -0.384 e. The molecule has 0 spiro atoms. The molecule has 0 bridgehead atoms. The summed E-state index contributed by atoms with van der Waals surface area (Å²) in [7, 11) is 1.72. The van der Waals surface area contributed by atoms with Crippen molar-refractivity contribution in [2.45, 2.75) is 26.2 Å². The highest BCUT2D eigenvalue weighted by molar-refractivity contribution is 5.17. The van der Waals surface area contributed by atoms with E-state index in [-0.39, 0.29) is 5.41 Å². The lowest BCUT2D eigenvalue weighted by Crippen LogP contribution is -2.25. The molecule has 1 aromatic heterocycles. The van der Waals surface area contributed by atoms with Gasteiger partial charge in [-0.05, 0) is 19.1 Å². The first kappa shape index (κ1) is 10.2. The summed E-state index contributed by atoms with van der Waals surface area (Å²) in [6.45, 7) is 6.98. The standard InChI is InChI=1S/C11H17NO/c1-9-6-5-7-10(12-9)11(2,3)8-13-4/h5-7H,8H2,1-4H3. The van der Waals surface area contributed by atoms with Crippen molar-refractivity contribution in [3.05, 3.63) is 29.6 Å². The van der Waals surface area contributed by atoms with Crippen LogP contribution < -0.4 is 0 Å². The molecule has 0 aliphatic carbocycles. The molecule has 1 heterocycles. The smallest absolute Gasteiger partial charge is 0.0568 e.